The fraction of sp³-hybridized carbons (Fsp3) is 0.467. The maximum absolute atomic E-state index is 12.0. The lowest BCUT2D eigenvalue weighted by Crippen LogP contribution is -2.31. The van der Waals surface area contributed by atoms with Crippen molar-refractivity contribution in [3.8, 4) is 0 Å². The molecule has 3 rings (SSSR count). The molecule has 1 heterocycles. The second-order valence-corrected chi connectivity index (χ2v) is 5.52. The van der Waals surface area contributed by atoms with Crippen LogP contribution in [-0.4, -0.2) is 28.0 Å². The van der Waals surface area contributed by atoms with Gasteiger partial charge in [-0.1, -0.05) is 12.1 Å². The lowest BCUT2D eigenvalue weighted by molar-refractivity contribution is 0.221. The van der Waals surface area contributed by atoms with Crippen LogP contribution in [-0.2, 0) is 6.54 Å². The third-order valence-electron chi connectivity index (χ3n) is 4.06. The van der Waals surface area contributed by atoms with Crippen LogP contribution < -0.4 is 5.56 Å². The summed E-state index contributed by atoms with van der Waals surface area (Å²) in [6, 6.07) is 8.02. The Morgan fingerprint density at radius 3 is 2.89 bits per heavy atom. The van der Waals surface area contributed by atoms with Crippen molar-refractivity contribution < 1.29 is 0 Å². The summed E-state index contributed by atoms with van der Waals surface area (Å²) in [7, 11) is 2.10. The fourth-order valence-electron chi connectivity index (χ4n) is 2.53. The number of nitrogens with one attached hydrogen (secondary N) is 1. The van der Waals surface area contributed by atoms with Crippen LogP contribution >= 0.6 is 0 Å². The number of hydrogen-bond donors (Lipinski definition) is 1. The summed E-state index contributed by atoms with van der Waals surface area (Å²) in [5, 5.41) is 0.657. The lowest BCUT2D eigenvalue weighted by atomic mass is 10.2. The van der Waals surface area contributed by atoms with Crippen molar-refractivity contribution in [1.82, 2.24) is 14.9 Å². The maximum atomic E-state index is 12.0. The van der Waals surface area contributed by atoms with Crippen LogP contribution in [0.2, 0.25) is 0 Å². The minimum atomic E-state index is -0.0481. The van der Waals surface area contributed by atoms with Gasteiger partial charge in [0.05, 0.1) is 17.4 Å². The van der Waals surface area contributed by atoms with Gasteiger partial charge in [-0.15, -0.1) is 0 Å². The molecule has 100 valence electrons. The Labute approximate surface area is 112 Å². The van der Waals surface area contributed by atoms with Crippen LogP contribution in [0.3, 0.4) is 0 Å². The number of benzene rings is 1. The highest BCUT2D eigenvalue weighted by atomic mass is 16.1. The van der Waals surface area contributed by atoms with Crippen LogP contribution in [0.25, 0.3) is 10.9 Å². The Morgan fingerprint density at radius 1 is 1.42 bits per heavy atom. The summed E-state index contributed by atoms with van der Waals surface area (Å²) in [5.41, 5.74) is 0.724. The monoisotopic (exact) mass is 257 g/mol. The first-order valence-electron chi connectivity index (χ1n) is 6.83. The molecule has 4 heteroatoms. The van der Waals surface area contributed by atoms with Crippen LogP contribution in [0.4, 0.5) is 0 Å². The summed E-state index contributed by atoms with van der Waals surface area (Å²) >= 11 is 0. The zero-order valence-electron chi connectivity index (χ0n) is 11.4. The topological polar surface area (TPSA) is 49.0 Å². The molecule has 0 aliphatic heterocycles. The van der Waals surface area contributed by atoms with Crippen molar-refractivity contribution >= 4 is 10.9 Å². The number of fused-ring (bicyclic) bond motifs is 1. The first-order chi connectivity index (χ1) is 9.15. The molecule has 0 radical (unpaired) electrons. The van der Waals surface area contributed by atoms with Gasteiger partial charge in [-0.25, -0.2) is 4.98 Å². The first-order valence-corrected chi connectivity index (χ1v) is 6.83. The summed E-state index contributed by atoms with van der Waals surface area (Å²) in [4.78, 5) is 21.7. The third kappa shape index (κ3) is 2.54. The summed E-state index contributed by atoms with van der Waals surface area (Å²) in [5.74, 6) is 1.57. The lowest BCUT2D eigenvalue weighted by Gasteiger charge is -2.23. The van der Waals surface area contributed by atoms with Gasteiger partial charge in [0.1, 0.15) is 5.82 Å². The Morgan fingerprint density at radius 2 is 2.16 bits per heavy atom. The molecule has 1 saturated carbocycles. The molecule has 0 spiro atoms. The smallest absolute Gasteiger partial charge is 0.258 e. The van der Waals surface area contributed by atoms with Crippen molar-refractivity contribution in [2.75, 3.05) is 7.05 Å². The fourth-order valence-corrected chi connectivity index (χ4v) is 2.53. The molecule has 1 N–H and O–H groups in total. The molecule has 1 aromatic carbocycles. The van der Waals surface area contributed by atoms with Gasteiger partial charge in [-0.3, -0.25) is 9.69 Å². The van der Waals surface area contributed by atoms with E-state index in [-0.39, 0.29) is 5.56 Å². The first kappa shape index (κ1) is 12.4. The largest absolute Gasteiger partial charge is 0.309 e. The van der Waals surface area contributed by atoms with Crippen LogP contribution in [0.5, 0.6) is 0 Å². The van der Waals surface area contributed by atoms with Crippen molar-refractivity contribution in [2.45, 2.75) is 32.4 Å². The maximum Gasteiger partial charge on any atom is 0.258 e. The van der Waals surface area contributed by atoms with E-state index in [1.165, 1.54) is 12.8 Å². The van der Waals surface area contributed by atoms with Gasteiger partial charge in [-0.2, -0.15) is 0 Å². The average Bonchev–Trinajstić information content (AvgIpc) is 3.22. The number of H-pyrrole nitrogens is 1. The summed E-state index contributed by atoms with van der Waals surface area (Å²) < 4.78 is 0. The number of para-hydroxylation sites is 1. The Kier molecular flexibility index (Phi) is 3.11. The molecular weight excluding hydrogens is 238 g/mol. The molecule has 19 heavy (non-hydrogen) atoms. The van der Waals surface area contributed by atoms with E-state index in [0.29, 0.717) is 18.0 Å². The van der Waals surface area contributed by atoms with E-state index in [2.05, 4.69) is 28.8 Å². The Balaban J connectivity index is 1.86. The normalized spacial score (nSPS) is 17.0. The molecule has 1 aliphatic rings. The molecule has 1 aliphatic carbocycles. The van der Waals surface area contributed by atoms with Gasteiger partial charge < -0.3 is 4.98 Å². The standard InChI is InChI=1S/C15H19N3O/c1-10(11-7-8-11)18(2)9-14-16-13-6-4-3-5-12(13)15(19)17-14/h3-6,10-11H,7-9H2,1-2H3,(H,16,17,19)/t10-/m0/s1. The summed E-state index contributed by atoms with van der Waals surface area (Å²) in [6.07, 6.45) is 2.65. The predicted molar refractivity (Wildman–Crippen MR) is 76.0 cm³/mol. The minimum absolute atomic E-state index is 0.0481. The van der Waals surface area contributed by atoms with E-state index in [0.717, 1.165) is 17.3 Å². The van der Waals surface area contributed by atoms with Gasteiger partial charge in [0.25, 0.3) is 5.56 Å². The molecule has 1 aromatic heterocycles. The molecule has 2 aromatic rings. The molecule has 0 amide bonds. The van der Waals surface area contributed by atoms with E-state index in [9.17, 15) is 4.79 Å². The number of rotatable bonds is 4. The van der Waals surface area contributed by atoms with Gasteiger partial charge >= 0.3 is 0 Å². The summed E-state index contributed by atoms with van der Waals surface area (Å²) in [6.45, 7) is 2.94. The van der Waals surface area contributed by atoms with Gasteiger partial charge in [0, 0.05) is 6.04 Å². The molecule has 1 atom stereocenters. The number of nitrogens with zero attached hydrogens (tertiary/aromatic N) is 2. The van der Waals surface area contributed by atoms with Crippen molar-refractivity contribution in [3.05, 3.63) is 40.4 Å². The zero-order chi connectivity index (χ0) is 13.4. The van der Waals surface area contributed by atoms with Crippen molar-refractivity contribution in [2.24, 2.45) is 5.92 Å². The van der Waals surface area contributed by atoms with Crippen LogP contribution in [0.1, 0.15) is 25.6 Å². The van der Waals surface area contributed by atoms with Gasteiger partial charge in [0.2, 0.25) is 0 Å². The highest BCUT2D eigenvalue weighted by molar-refractivity contribution is 5.77. The highest BCUT2D eigenvalue weighted by Crippen LogP contribution is 2.34. The van der Waals surface area contributed by atoms with Gasteiger partial charge in [-0.05, 0) is 44.9 Å². The second-order valence-electron chi connectivity index (χ2n) is 5.52. The van der Waals surface area contributed by atoms with E-state index in [4.69, 9.17) is 0 Å². The molecule has 4 nitrogen and oxygen atoms in total. The number of aromatic nitrogens is 2. The van der Waals surface area contributed by atoms with Crippen molar-refractivity contribution in [3.63, 3.8) is 0 Å². The Bertz CT molecular complexity index is 645. The minimum Gasteiger partial charge on any atom is -0.309 e. The molecule has 0 unspecified atom stereocenters. The van der Waals surface area contributed by atoms with E-state index < -0.39 is 0 Å². The second kappa shape index (κ2) is 4.78. The molecule has 0 bridgehead atoms. The van der Waals surface area contributed by atoms with Crippen LogP contribution in [0.15, 0.2) is 29.1 Å². The molecular formula is C15H19N3O. The van der Waals surface area contributed by atoms with E-state index >= 15 is 0 Å². The van der Waals surface area contributed by atoms with Crippen LogP contribution in [0, 0.1) is 5.92 Å². The zero-order valence-corrected chi connectivity index (χ0v) is 11.4. The highest BCUT2D eigenvalue weighted by Gasteiger charge is 2.30. The average molecular weight is 257 g/mol. The quantitative estimate of drug-likeness (QED) is 0.913. The SMILES string of the molecule is C[C@@H](C1CC1)N(C)Cc1nc2ccccc2c(=O)[nH]1. The number of aromatic amines is 1. The van der Waals surface area contributed by atoms with Gasteiger partial charge in [0.15, 0.2) is 0 Å². The molecule has 0 saturated heterocycles. The molecule has 1 fully saturated rings. The van der Waals surface area contributed by atoms with Crippen molar-refractivity contribution in [1.29, 1.82) is 0 Å². The number of hydrogen-bond acceptors (Lipinski definition) is 3. The predicted octanol–water partition coefficient (Wildman–Crippen LogP) is 2.15. The Hall–Kier alpha value is -1.68. The van der Waals surface area contributed by atoms with E-state index in [1.54, 1.807) is 0 Å². The third-order valence-corrected chi connectivity index (χ3v) is 4.06. The van der Waals surface area contributed by atoms with E-state index in [1.807, 2.05) is 24.3 Å².